The number of aryl methyl sites for hydroxylation is 1. The fourth-order valence-electron chi connectivity index (χ4n) is 1.76. The van der Waals surface area contributed by atoms with E-state index in [9.17, 15) is 0 Å². The number of hydrogen-bond acceptors (Lipinski definition) is 2. The summed E-state index contributed by atoms with van der Waals surface area (Å²) in [5, 5.41) is 10.4. The molecule has 2 N–H and O–H groups in total. The van der Waals surface area contributed by atoms with Gasteiger partial charge in [0.05, 0.1) is 6.20 Å². The fourth-order valence-corrected chi connectivity index (χ4v) is 1.76. The third-order valence-corrected chi connectivity index (χ3v) is 2.40. The predicted octanol–water partition coefficient (Wildman–Crippen LogP) is 1.01. The van der Waals surface area contributed by atoms with Gasteiger partial charge in [0.25, 0.3) is 0 Å². The van der Waals surface area contributed by atoms with Gasteiger partial charge in [0.2, 0.25) is 0 Å². The van der Waals surface area contributed by atoms with Crippen LogP contribution in [-0.4, -0.2) is 17.2 Å². The van der Waals surface area contributed by atoms with Crippen LogP contribution in [0.15, 0.2) is 6.20 Å². The van der Waals surface area contributed by atoms with E-state index in [-0.39, 0.29) is 0 Å². The monoisotopic (exact) mass is 151 g/mol. The maximum Gasteiger partial charge on any atom is 0.0538 e. The number of aromatic amines is 1. The first-order valence-corrected chi connectivity index (χ1v) is 4.11. The van der Waals surface area contributed by atoms with Crippen molar-refractivity contribution in [2.45, 2.75) is 25.3 Å². The molecule has 11 heavy (non-hydrogen) atoms. The smallest absolute Gasteiger partial charge is 0.0538 e. The Kier molecular flexibility index (Phi) is 1.66. The zero-order valence-corrected chi connectivity index (χ0v) is 6.72. The highest BCUT2D eigenvalue weighted by atomic mass is 15.1. The Morgan fingerprint density at radius 1 is 1.73 bits per heavy atom. The van der Waals surface area contributed by atoms with Gasteiger partial charge < -0.3 is 5.32 Å². The number of nitrogens with one attached hydrogen (secondary N) is 2. The molecule has 1 aromatic rings. The van der Waals surface area contributed by atoms with Crippen LogP contribution in [0.1, 0.15) is 30.1 Å². The molecule has 3 nitrogen and oxygen atoms in total. The lowest BCUT2D eigenvalue weighted by molar-refractivity contribution is 0.494. The van der Waals surface area contributed by atoms with Crippen molar-refractivity contribution in [1.29, 1.82) is 0 Å². The number of aromatic nitrogens is 2. The van der Waals surface area contributed by atoms with E-state index in [1.54, 1.807) is 0 Å². The highest BCUT2D eigenvalue weighted by molar-refractivity contribution is 5.23. The molecule has 0 radical (unpaired) electrons. The standard InChI is InChI=1S/C8H13N3/c1-9-7-3-2-4-8-6(7)5-10-11-8/h5,7,9H,2-4H2,1H3,(H,10,11)/t7-/m1/s1. The average molecular weight is 151 g/mol. The molecule has 0 fully saturated rings. The van der Waals surface area contributed by atoms with Crippen molar-refractivity contribution in [3.8, 4) is 0 Å². The molecule has 0 amide bonds. The topological polar surface area (TPSA) is 40.7 Å². The van der Waals surface area contributed by atoms with E-state index >= 15 is 0 Å². The quantitative estimate of drug-likeness (QED) is 0.628. The molecule has 0 saturated heterocycles. The third-order valence-electron chi connectivity index (χ3n) is 2.40. The van der Waals surface area contributed by atoms with Crippen molar-refractivity contribution in [3.05, 3.63) is 17.5 Å². The summed E-state index contributed by atoms with van der Waals surface area (Å²) in [5.41, 5.74) is 2.68. The molecule has 0 saturated carbocycles. The van der Waals surface area contributed by atoms with E-state index in [0.717, 1.165) is 6.42 Å². The maximum absolute atomic E-state index is 4.04. The first-order chi connectivity index (χ1) is 5.42. The lowest BCUT2D eigenvalue weighted by Crippen LogP contribution is -2.20. The van der Waals surface area contributed by atoms with Crippen LogP contribution in [0.25, 0.3) is 0 Å². The predicted molar refractivity (Wildman–Crippen MR) is 43.3 cm³/mol. The van der Waals surface area contributed by atoms with Gasteiger partial charge in [-0.25, -0.2) is 0 Å². The van der Waals surface area contributed by atoms with E-state index in [1.165, 1.54) is 24.1 Å². The number of H-pyrrole nitrogens is 1. The van der Waals surface area contributed by atoms with E-state index < -0.39 is 0 Å². The number of nitrogens with zero attached hydrogens (tertiary/aromatic N) is 1. The van der Waals surface area contributed by atoms with Gasteiger partial charge in [0, 0.05) is 17.3 Å². The third kappa shape index (κ3) is 1.05. The van der Waals surface area contributed by atoms with Gasteiger partial charge in [0.1, 0.15) is 0 Å². The molecule has 1 aromatic heterocycles. The lowest BCUT2D eigenvalue weighted by Gasteiger charge is -2.20. The zero-order chi connectivity index (χ0) is 7.68. The van der Waals surface area contributed by atoms with Crippen molar-refractivity contribution < 1.29 is 0 Å². The Hall–Kier alpha value is -0.830. The molecule has 3 heteroatoms. The summed E-state index contributed by atoms with van der Waals surface area (Å²) in [7, 11) is 2.01. The van der Waals surface area contributed by atoms with E-state index in [2.05, 4.69) is 15.5 Å². The molecule has 0 bridgehead atoms. The normalized spacial score (nSPS) is 23.2. The Labute approximate surface area is 66.2 Å². The van der Waals surface area contributed by atoms with Gasteiger partial charge in [-0.05, 0) is 26.3 Å². The second-order valence-electron chi connectivity index (χ2n) is 3.04. The molecule has 1 heterocycles. The SMILES string of the molecule is CN[C@@H]1CCCc2[nH]ncc21. The maximum atomic E-state index is 4.04. The molecule has 0 aliphatic heterocycles. The van der Waals surface area contributed by atoms with Gasteiger partial charge in [-0.1, -0.05) is 0 Å². The van der Waals surface area contributed by atoms with E-state index in [0.29, 0.717) is 6.04 Å². The summed E-state index contributed by atoms with van der Waals surface area (Å²) < 4.78 is 0. The van der Waals surface area contributed by atoms with Crippen LogP contribution >= 0.6 is 0 Å². The average Bonchev–Trinajstić information content (AvgIpc) is 2.50. The number of hydrogen-bond donors (Lipinski definition) is 2. The summed E-state index contributed by atoms with van der Waals surface area (Å²) >= 11 is 0. The minimum atomic E-state index is 0.525. The van der Waals surface area contributed by atoms with Crippen LogP contribution in [0, 0.1) is 0 Å². The van der Waals surface area contributed by atoms with Gasteiger partial charge in [-0.15, -0.1) is 0 Å². The molecule has 0 aromatic carbocycles. The molecule has 1 aliphatic rings. The van der Waals surface area contributed by atoms with Crippen LogP contribution in [-0.2, 0) is 6.42 Å². The first kappa shape index (κ1) is 6.85. The van der Waals surface area contributed by atoms with Gasteiger partial charge in [-0.3, -0.25) is 5.10 Å². The summed E-state index contributed by atoms with van der Waals surface area (Å²) in [4.78, 5) is 0. The molecule has 1 atom stereocenters. The summed E-state index contributed by atoms with van der Waals surface area (Å²) in [6, 6.07) is 0.525. The molecule has 0 spiro atoms. The van der Waals surface area contributed by atoms with Gasteiger partial charge in [-0.2, -0.15) is 5.10 Å². The van der Waals surface area contributed by atoms with Crippen molar-refractivity contribution in [1.82, 2.24) is 15.5 Å². The fraction of sp³-hybridized carbons (Fsp3) is 0.625. The summed E-state index contributed by atoms with van der Waals surface area (Å²) in [6.07, 6.45) is 5.60. The second-order valence-corrected chi connectivity index (χ2v) is 3.04. The van der Waals surface area contributed by atoms with Crippen molar-refractivity contribution in [2.75, 3.05) is 7.05 Å². The molecule has 2 rings (SSSR count). The van der Waals surface area contributed by atoms with Gasteiger partial charge in [0.15, 0.2) is 0 Å². The minimum absolute atomic E-state index is 0.525. The van der Waals surface area contributed by atoms with E-state index in [4.69, 9.17) is 0 Å². The Bertz CT molecular complexity index is 241. The summed E-state index contributed by atoms with van der Waals surface area (Å²) in [6.45, 7) is 0. The Morgan fingerprint density at radius 2 is 2.64 bits per heavy atom. The Morgan fingerprint density at radius 3 is 3.45 bits per heavy atom. The van der Waals surface area contributed by atoms with Crippen LogP contribution in [0.3, 0.4) is 0 Å². The molecular weight excluding hydrogens is 138 g/mol. The highest BCUT2D eigenvalue weighted by Gasteiger charge is 2.19. The number of rotatable bonds is 1. The van der Waals surface area contributed by atoms with Crippen LogP contribution in [0.5, 0.6) is 0 Å². The largest absolute Gasteiger partial charge is 0.313 e. The molecule has 0 unspecified atom stereocenters. The first-order valence-electron chi connectivity index (χ1n) is 4.11. The van der Waals surface area contributed by atoms with Crippen LogP contribution in [0.2, 0.25) is 0 Å². The van der Waals surface area contributed by atoms with Gasteiger partial charge >= 0.3 is 0 Å². The minimum Gasteiger partial charge on any atom is -0.313 e. The van der Waals surface area contributed by atoms with Crippen molar-refractivity contribution >= 4 is 0 Å². The highest BCUT2D eigenvalue weighted by Crippen LogP contribution is 2.27. The Balaban J connectivity index is 2.32. The lowest BCUT2D eigenvalue weighted by atomic mass is 9.93. The van der Waals surface area contributed by atoms with Crippen molar-refractivity contribution in [3.63, 3.8) is 0 Å². The molecule has 1 aliphatic carbocycles. The van der Waals surface area contributed by atoms with E-state index in [1.807, 2.05) is 13.2 Å². The molecular formula is C8H13N3. The second kappa shape index (κ2) is 2.66. The number of fused-ring (bicyclic) bond motifs is 1. The summed E-state index contributed by atoms with van der Waals surface area (Å²) in [5.74, 6) is 0. The van der Waals surface area contributed by atoms with Crippen molar-refractivity contribution in [2.24, 2.45) is 0 Å². The zero-order valence-electron chi connectivity index (χ0n) is 6.72. The van der Waals surface area contributed by atoms with Crippen LogP contribution < -0.4 is 5.32 Å². The van der Waals surface area contributed by atoms with Crippen LogP contribution in [0.4, 0.5) is 0 Å². The molecule has 60 valence electrons.